The van der Waals surface area contributed by atoms with E-state index in [0.29, 0.717) is 0 Å². The van der Waals surface area contributed by atoms with E-state index in [-0.39, 0.29) is 0 Å². The average Bonchev–Trinajstić information content (AvgIpc) is 2.54. The van der Waals surface area contributed by atoms with Crippen LogP contribution in [0.4, 0.5) is 0 Å². The predicted octanol–water partition coefficient (Wildman–Crippen LogP) is 3.82. The molecule has 2 nitrogen and oxygen atoms in total. The number of hydrogen-bond acceptors (Lipinski definition) is 2. The van der Waals surface area contributed by atoms with Crippen molar-refractivity contribution in [2.45, 2.75) is 27.2 Å². The Labute approximate surface area is 136 Å². The molecule has 1 N–H and O–H groups in total. The van der Waals surface area contributed by atoms with E-state index in [1.54, 1.807) is 0 Å². The summed E-state index contributed by atoms with van der Waals surface area (Å²) in [6, 6.07) is 0. The maximum absolute atomic E-state index is 5.72. The monoisotopic (exact) mass is 296 g/mol. The van der Waals surface area contributed by atoms with E-state index in [2.05, 4.69) is 54.4 Å². The van der Waals surface area contributed by atoms with Crippen LogP contribution in [0.1, 0.15) is 27.2 Å². The van der Waals surface area contributed by atoms with Crippen LogP contribution in [0, 0.1) is 12.3 Å². The Kier molecular flexibility index (Phi) is 7.49. The van der Waals surface area contributed by atoms with E-state index in [1.165, 1.54) is 5.57 Å². The highest BCUT2D eigenvalue weighted by Crippen LogP contribution is 2.20. The molecule has 1 heterocycles. The van der Waals surface area contributed by atoms with Gasteiger partial charge in [0, 0.05) is 37.4 Å². The lowest BCUT2D eigenvalue weighted by Gasteiger charge is -2.31. The van der Waals surface area contributed by atoms with Crippen LogP contribution < -0.4 is 5.32 Å². The molecule has 0 aromatic carbocycles. The highest BCUT2D eigenvalue weighted by Gasteiger charge is 2.14. The minimum absolute atomic E-state index is 0.859. The maximum atomic E-state index is 5.72. The molecule has 22 heavy (non-hydrogen) atoms. The molecule has 0 aromatic rings. The molecule has 0 saturated carbocycles. The summed E-state index contributed by atoms with van der Waals surface area (Å²) < 4.78 is 0. The Bertz CT molecular complexity index is 547. The first-order valence-corrected chi connectivity index (χ1v) is 7.80. The number of nitrogens with zero attached hydrogens (tertiary/aromatic N) is 1. The summed E-state index contributed by atoms with van der Waals surface area (Å²) in [7, 11) is 0. The van der Waals surface area contributed by atoms with Crippen LogP contribution in [0.2, 0.25) is 0 Å². The second-order valence-corrected chi connectivity index (χ2v) is 5.68. The third kappa shape index (κ3) is 5.42. The molecule has 0 amide bonds. The predicted molar refractivity (Wildman–Crippen MR) is 97.4 cm³/mol. The first kappa shape index (κ1) is 18.1. The van der Waals surface area contributed by atoms with E-state index in [0.717, 1.165) is 55.0 Å². The van der Waals surface area contributed by atoms with Gasteiger partial charge in [0.1, 0.15) is 0 Å². The highest BCUT2D eigenvalue weighted by atomic mass is 15.2. The van der Waals surface area contributed by atoms with Crippen molar-refractivity contribution in [1.82, 2.24) is 10.2 Å². The largest absolute Gasteiger partial charge is 0.368 e. The summed E-state index contributed by atoms with van der Waals surface area (Å²) in [4.78, 5) is 2.25. The molecule has 0 unspecified atom stereocenters. The third-order valence-electron chi connectivity index (χ3n) is 3.79. The van der Waals surface area contributed by atoms with Gasteiger partial charge in [0.05, 0.1) is 0 Å². The Morgan fingerprint density at radius 3 is 2.41 bits per heavy atom. The van der Waals surface area contributed by atoms with Crippen molar-refractivity contribution in [1.29, 1.82) is 0 Å². The molecule has 118 valence electrons. The molecule has 0 aliphatic carbocycles. The van der Waals surface area contributed by atoms with Crippen molar-refractivity contribution in [3.63, 3.8) is 0 Å². The summed E-state index contributed by atoms with van der Waals surface area (Å²) in [5.41, 5.74) is 5.31. The molecular weight excluding hydrogens is 268 g/mol. The van der Waals surface area contributed by atoms with Crippen LogP contribution in [0.25, 0.3) is 0 Å². The fourth-order valence-electron chi connectivity index (χ4n) is 2.34. The number of rotatable bonds is 6. The Balaban J connectivity index is 2.93. The molecule has 0 radical (unpaired) electrons. The lowest BCUT2D eigenvalue weighted by molar-refractivity contribution is 0.306. The summed E-state index contributed by atoms with van der Waals surface area (Å²) in [6.45, 7) is 18.2. The van der Waals surface area contributed by atoms with Crippen LogP contribution in [0.15, 0.2) is 59.4 Å². The molecule has 1 aliphatic rings. The lowest BCUT2D eigenvalue weighted by Crippen LogP contribution is -2.42. The normalized spacial score (nSPS) is 17.2. The fourth-order valence-corrected chi connectivity index (χ4v) is 2.34. The second-order valence-electron chi connectivity index (χ2n) is 5.68. The fraction of sp³-hybridized carbons (Fsp3) is 0.400. The van der Waals surface area contributed by atoms with Crippen LogP contribution in [-0.2, 0) is 0 Å². The van der Waals surface area contributed by atoms with Crippen molar-refractivity contribution in [2.24, 2.45) is 0 Å². The van der Waals surface area contributed by atoms with Gasteiger partial charge >= 0.3 is 0 Å². The van der Waals surface area contributed by atoms with E-state index in [4.69, 9.17) is 6.42 Å². The first-order valence-electron chi connectivity index (χ1n) is 7.80. The summed E-state index contributed by atoms with van der Waals surface area (Å²) in [6.07, 6.45) is 13.0. The average molecular weight is 296 g/mol. The minimum atomic E-state index is 0.859. The van der Waals surface area contributed by atoms with Gasteiger partial charge in [-0.25, -0.2) is 0 Å². The van der Waals surface area contributed by atoms with Crippen LogP contribution in [0.3, 0.4) is 0 Å². The van der Waals surface area contributed by atoms with Gasteiger partial charge < -0.3 is 10.2 Å². The smallest absolute Gasteiger partial charge is 0.0476 e. The van der Waals surface area contributed by atoms with Gasteiger partial charge in [-0.2, -0.15) is 0 Å². The molecule has 2 heteroatoms. The van der Waals surface area contributed by atoms with Crippen LogP contribution >= 0.6 is 0 Å². The van der Waals surface area contributed by atoms with E-state index >= 15 is 0 Å². The molecule has 0 atom stereocenters. The highest BCUT2D eigenvalue weighted by molar-refractivity contribution is 5.51. The number of terminal acetylenes is 1. The summed E-state index contributed by atoms with van der Waals surface area (Å²) >= 11 is 0. The van der Waals surface area contributed by atoms with Crippen molar-refractivity contribution >= 4 is 0 Å². The van der Waals surface area contributed by atoms with Gasteiger partial charge in [-0.3, -0.25) is 0 Å². The van der Waals surface area contributed by atoms with Crippen molar-refractivity contribution in [3.05, 3.63) is 59.4 Å². The van der Waals surface area contributed by atoms with Gasteiger partial charge in [0.15, 0.2) is 0 Å². The Morgan fingerprint density at radius 2 is 1.91 bits per heavy atom. The van der Waals surface area contributed by atoms with Crippen LogP contribution in [0.5, 0.6) is 0 Å². The zero-order valence-corrected chi connectivity index (χ0v) is 14.2. The molecule has 0 bridgehead atoms. The number of nitrogens with one attached hydrogen (secondary N) is 1. The minimum Gasteiger partial charge on any atom is -0.368 e. The van der Waals surface area contributed by atoms with Crippen molar-refractivity contribution in [2.75, 3.05) is 26.2 Å². The maximum Gasteiger partial charge on any atom is 0.0476 e. The molecule has 0 spiro atoms. The lowest BCUT2D eigenvalue weighted by atomic mass is 10.0. The Morgan fingerprint density at radius 1 is 1.27 bits per heavy atom. The summed E-state index contributed by atoms with van der Waals surface area (Å²) in [5.74, 6) is 2.80. The molecule has 0 aromatic heterocycles. The molecule has 1 rings (SSSR count). The quantitative estimate of drug-likeness (QED) is 0.455. The third-order valence-corrected chi connectivity index (χ3v) is 3.79. The van der Waals surface area contributed by atoms with E-state index in [9.17, 15) is 0 Å². The number of allylic oxidation sites excluding steroid dienone is 7. The van der Waals surface area contributed by atoms with Crippen LogP contribution in [-0.4, -0.2) is 31.1 Å². The molecule has 1 saturated heterocycles. The molecular formula is C20H28N2. The van der Waals surface area contributed by atoms with Gasteiger partial charge in [-0.1, -0.05) is 36.8 Å². The van der Waals surface area contributed by atoms with E-state index < -0.39 is 0 Å². The zero-order chi connectivity index (χ0) is 16.5. The van der Waals surface area contributed by atoms with Crippen molar-refractivity contribution in [3.8, 4) is 12.3 Å². The number of piperazine rings is 1. The second kappa shape index (κ2) is 9.12. The van der Waals surface area contributed by atoms with Gasteiger partial charge in [-0.15, -0.1) is 6.42 Å². The van der Waals surface area contributed by atoms with Crippen molar-refractivity contribution < 1.29 is 0 Å². The van der Waals surface area contributed by atoms with Gasteiger partial charge in [0.2, 0.25) is 0 Å². The molecule has 1 aliphatic heterocycles. The first-order chi connectivity index (χ1) is 10.5. The standard InChI is InChI=1S/C20H28N2/c1-7-19(17(5)10-9-16(3)4)15-20(8-2)18(6)22-13-11-21-12-14-22/h2,7,10,15,21H,3,6,9,11-14H2,1,4-5H3/b17-10-,19-7-,20-15-. The zero-order valence-electron chi connectivity index (χ0n) is 14.2. The molecule has 1 fully saturated rings. The van der Waals surface area contributed by atoms with E-state index in [1.807, 2.05) is 13.8 Å². The van der Waals surface area contributed by atoms with Gasteiger partial charge in [-0.05, 0) is 44.4 Å². The SMILES string of the molecule is C#C/C(=C/C(=C/C)C(/C)=C\CC(=C)C)C(=C)N1CCNCC1. The topological polar surface area (TPSA) is 15.3 Å². The Hall–Kier alpha value is -1.98. The van der Waals surface area contributed by atoms with Gasteiger partial charge in [0.25, 0.3) is 0 Å². The number of hydrogen-bond donors (Lipinski definition) is 1. The summed E-state index contributed by atoms with van der Waals surface area (Å²) in [5, 5.41) is 3.34.